The van der Waals surface area contributed by atoms with Gasteiger partial charge in [-0.1, -0.05) is 43.3 Å². The Morgan fingerprint density at radius 2 is 2.04 bits per heavy atom. The fraction of sp³-hybridized carbons (Fsp3) is 0.350. The van der Waals surface area contributed by atoms with Gasteiger partial charge in [-0.3, -0.25) is 14.2 Å². The molecular weight excluding hydrogens is 360 g/mol. The van der Waals surface area contributed by atoms with Crippen molar-refractivity contribution in [3.8, 4) is 0 Å². The van der Waals surface area contributed by atoms with Gasteiger partial charge in [-0.05, 0) is 31.5 Å². The van der Waals surface area contributed by atoms with Crippen molar-refractivity contribution in [2.45, 2.75) is 38.4 Å². The Balaban J connectivity index is 1.84. The van der Waals surface area contributed by atoms with Gasteiger partial charge in [0, 0.05) is 25.0 Å². The molecule has 0 atom stereocenters. The molecule has 1 amide bonds. The summed E-state index contributed by atoms with van der Waals surface area (Å²) in [5.74, 6) is 0.187. The maximum atomic E-state index is 12.9. The lowest BCUT2D eigenvalue weighted by atomic mass is 10.3. The number of nitrogens with one attached hydrogen (secondary N) is 1. The molecule has 1 aromatic carbocycles. The number of carbonyl (C=O) groups excluding carboxylic acids is 1. The van der Waals surface area contributed by atoms with Crippen molar-refractivity contribution in [1.29, 1.82) is 0 Å². The summed E-state index contributed by atoms with van der Waals surface area (Å²) in [5, 5.41) is 0.592. The van der Waals surface area contributed by atoms with Gasteiger partial charge in [0.15, 0.2) is 5.16 Å². The van der Waals surface area contributed by atoms with Crippen LogP contribution in [0.25, 0.3) is 11.0 Å². The monoisotopic (exact) mass is 384 g/mol. The Labute approximate surface area is 162 Å². The average Bonchev–Trinajstić information content (AvgIpc) is 3.06. The zero-order valence-corrected chi connectivity index (χ0v) is 16.7. The molecule has 0 bridgehead atoms. The number of hydrogen-bond acceptors (Lipinski definition) is 4. The van der Waals surface area contributed by atoms with Crippen LogP contribution in [-0.4, -0.2) is 33.2 Å². The number of hydrogen-bond donors (Lipinski definition) is 1. The fourth-order valence-corrected chi connectivity index (χ4v) is 3.79. The van der Waals surface area contributed by atoms with Crippen molar-refractivity contribution < 1.29 is 4.79 Å². The van der Waals surface area contributed by atoms with Crippen LogP contribution < -0.4 is 10.5 Å². The number of fused-ring (bicyclic) bond motifs is 1. The van der Waals surface area contributed by atoms with Crippen LogP contribution in [-0.2, 0) is 11.3 Å². The molecule has 6 nitrogen and oxygen atoms in total. The minimum Gasteiger partial charge on any atom is -0.353 e. The fourth-order valence-electron chi connectivity index (χ4n) is 2.85. The number of benzene rings is 1. The van der Waals surface area contributed by atoms with E-state index in [2.05, 4.69) is 16.9 Å². The summed E-state index contributed by atoms with van der Waals surface area (Å²) in [6, 6.07) is 11.4. The molecular formula is C20H24N4O2S. The number of amides is 1. The summed E-state index contributed by atoms with van der Waals surface area (Å²) in [7, 11) is 1.76. The molecule has 142 valence electrons. The van der Waals surface area contributed by atoms with Crippen molar-refractivity contribution in [2.75, 3.05) is 17.7 Å². The molecule has 0 spiro atoms. The molecule has 0 saturated heterocycles. The predicted octanol–water partition coefficient (Wildman–Crippen LogP) is 3.59. The molecule has 0 aliphatic carbocycles. The van der Waals surface area contributed by atoms with E-state index in [1.165, 1.54) is 11.8 Å². The first kappa shape index (κ1) is 19.2. The molecule has 3 aromatic rings. The molecule has 7 heteroatoms. The van der Waals surface area contributed by atoms with Gasteiger partial charge >= 0.3 is 0 Å². The number of carbonyl (C=O) groups is 1. The highest BCUT2D eigenvalue weighted by Crippen LogP contribution is 2.20. The molecule has 0 saturated carbocycles. The number of nitrogens with zero attached hydrogens (tertiary/aromatic N) is 3. The lowest BCUT2D eigenvalue weighted by Crippen LogP contribution is -2.29. The molecule has 0 unspecified atom stereocenters. The smallest absolute Gasteiger partial charge is 0.278 e. The summed E-state index contributed by atoms with van der Waals surface area (Å²) >= 11 is 1.31. The maximum absolute atomic E-state index is 12.9. The first-order valence-electron chi connectivity index (χ1n) is 9.05. The molecule has 0 radical (unpaired) electrons. The zero-order valence-electron chi connectivity index (χ0n) is 15.9. The van der Waals surface area contributed by atoms with Gasteiger partial charge in [0.2, 0.25) is 5.91 Å². The van der Waals surface area contributed by atoms with Crippen molar-refractivity contribution in [3.05, 3.63) is 52.4 Å². The van der Waals surface area contributed by atoms with E-state index in [9.17, 15) is 9.59 Å². The van der Waals surface area contributed by atoms with Crippen molar-refractivity contribution >= 4 is 34.4 Å². The molecule has 0 fully saturated rings. The Kier molecular flexibility index (Phi) is 6.01. The van der Waals surface area contributed by atoms with E-state index in [0.717, 1.165) is 24.2 Å². The summed E-state index contributed by atoms with van der Waals surface area (Å²) in [5.41, 5.74) is 2.85. The van der Waals surface area contributed by atoms with Crippen LogP contribution in [0.1, 0.15) is 25.5 Å². The van der Waals surface area contributed by atoms with Gasteiger partial charge in [-0.25, -0.2) is 4.98 Å². The number of para-hydroxylation sites is 1. The van der Waals surface area contributed by atoms with Crippen molar-refractivity contribution in [1.82, 2.24) is 14.5 Å². The van der Waals surface area contributed by atoms with E-state index >= 15 is 0 Å². The highest BCUT2D eigenvalue weighted by Gasteiger charge is 2.16. The number of H-pyrrole nitrogens is 1. The van der Waals surface area contributed by atoms with Crippen LogP contribution in [0.15, 0.2) is 46.3 Å². The third kappa shape index (κ3) is 4.24. The van der Waals surface area contributed by atoms with Gasteiger partial charge in [-0.2, -0.15) is 0 Å². The van der Waals surface area contributed by atoms with E-state index in [4.69, 9.17) is 0 Å². The van der Waals surface area contributed by atoms with Gasteiger partial charge in [0.25, 0.3) is 5.56 Å². The lowest BCUT2D eigenvalue weighted by molar-refractivity contribution is -0.115. The minimum atomic E-state index is -0.0760. The Bertz CT molecular complexity index is 994. The molecule has 2 aromatic heterocycles. The summed E-state index contributed by atoms with van der Waals surface area (Å²) in [6.07, 6.45) is 1.87. The summed E-state index contributed by atoms with van der Waals surface area (Å²) < 4.78 is 1.68. The number of aromatic nitrogens is 3. The first-order chi connectivity index (χ1) is 13.0. The Morgan fingerprint density at radius 3 is 2.74 bits per heavy atom. The van der Waals surface area contributed by atoms with E-state index < -0.39 is 0 Å². The van der Waals surface area contributed by atoms with Gasteiger partial charge in [0.05, 0.1) is 11.3 Å². The number of unbranched alkanes of at least 4 members (excludes halogenated alkanes) is 1. The Hall–Kier alpha value is -2.54. The van der Waals surface area contributed by atoms with Gasteiger partial charge in [-0.15, -0.1) is 0 Å². The number of aryl methyl sites for hydroxylation is 1. The van der Waals surface area contributed by atoms with Crippen LogP contribution >= 0.6 is 11.8 Å². The van der Waals surface area contributed by atoms with E-state index in [1.54, 1.807) is 16.5 Å². The highest BCUT2D eigenvalue weighted by atomic mass is 32.2. The predicted molar refractivity (Wildman–Crippen MR) is 111 cm³/mol. The molecule has 27 heavy (non-hydrogen) atoms. The second-order valence-corrected chi connectivity index (χ2v) is 7.44. The number of rotatable bonds is 7. The molecule has 0 aliphatic heterocycles. The standard InChI is InChI=1S/C20H24N4O2S/c1-4-5-11-24-19(26)18-16(12-14(2)21-18)22-20(24)27-13-17(25)23(3)15-9-7-6-8-10-15/h6-10,12,21H,4-5,11,13H2,1-3H3. The third-order valence-electron chi connectivity index (χ3n) is 4.42. The van der Waals surface area contributed by atoms with Crippen molar-refractivity contribution in [3.63, 3.8) is 0 Å². The molecule has 2 heterocycles. The summed E-state index contributed by atoms with van der Waals surface area (Å²) in [4.78, 5) is 34.8. The molecule has 0 aliphatic rings. The van der Waals surface area contributed by atoms with Crippen LogP contribution in [0, 0.1) is 6.92 Å². The zero-order chi connectivity index (χ0) is 19.4. The van der Waals surface area contributed by atoms with Gasteiger partial charge < -0.3 is 9.88 Å². The van der Waals surface area contributed by atoms with E-state index in [0.29, 0.717) is 22.7 Å². The quantitative estimate of drug-likeness (QED) is 0.499. The normalized spacial score (nSPS) is 11.1. The molecule has 3 rings (SSSR count). The van der Waals surface area contributed by atoms with Crippen LogP contribution in [0.5, 0.6) is 0 Å². The Morgan fingerprint density at radius 1 is 1.30 bits per heavy atom. The summed E-state index contributed by atoms with van der Waals surface area (Å²) in [6.45, 7) is 4.59. The first-order valence-corrected chi connectivity index (χ1v) is 10.0. The van der Waals surface area contributed by atoms with Crippen LogP contribution in [0.2, 0.25) is 0 Å². The molecule has 1 N–H and O–H groups in total. The largest absolute Gasteiger partial charge is 0.353 e. The van der Waals surface area contributed by atoms with Crippen LogP contribution in [0.4, 0.5) is 5.69 Å². The second kappa shape index (κ2) is 8.43. The second-order valence-electron chi connectivity index (χ2n) is 6.49. The topological polar surface area (TPSA) is 71.0 Å². The van der Waals surface area contributed by atoms with Crippen molar-refractivity contribution in [2.24, 2.45) is 0 Å². The third-order valence-corrected chi connectivity index (χ3v) is 5.38. The van der Waals surface area contributed by atoms with E-state index in [-0.39, 0.29) is 17.2 Å². The van der Waals surface area contributed by atoms with Gasteiger partial charge in [0.1, 0.15) is 5.52 Å². The SMILES string of the molecule is CCCCn1c(SCC(=O)N(C)c2ccccc2)nc2cc(C)[nH]c2c1=O. The lowest BCUT2D eigenvalue weighted by Gasteiger charge is -2.17. The average molecular weight is 385 g/mol. The van der Waals surface area contributed by atoms with Crippen LogP contribution in [0.3, 0.4) is 0 Å². The maximum Gasteiger partial charge on any atom is 0.278 e. The highest BCUT2D eigenvalue weighted by molar-refractivity contribution is 7.99. The number of thioether (sulfide) groups is 1. The number of anilines is 1. The minimum absolute atomic E-state index is 0.0344. The van der Waals surface area contributed by atoms with E-state index in [1.807, 2.05) is 43.3 Å². The number of aromatic amines is 1.